The van der Waals surface area contributed by atoms with Crippen LogP contribution in [0.1, 0.15) is 66.9 Å². The van der Waals surface area contributed by atoms with Crippen molar-refractivity contribution in [2.24, 2.45) is 5.92 Å². The van der Waals surface area contributed by atoms with Crippen LogP contribution >= 0.6 is 11.8 Å². The van der Waals surface area contributed by atoms with Crippen molar-refractivity contribution < 1.29 is 27.5 Å². The standard InChI is InChI=1S/C34H48N2O6S2/c1-24-10-8-9-13-28(24)30-20-26(14-15-29(30)33(37)35-31(16-18-43-4)34(38)41-3)22-42-25(2)21-36-17-19-44(39,40)23-32(36)27-11-6-5-7-12-27/h8-10,13-15,20,25,27,31-32H,5-7,11-12,16-19,21-23H2,1-4H3,(H,35,37)/t25?,31-,32?/m0/s1. The topological polar surface area (TPSA) is 102 Å². The molecule has 1 aliphatic heterocycles. The highest BCUT2D eigenvalue weighted by Gasteiger charge is 2.37. The molecule has 0 radical (unpaired) electrons. The third-order valence-corrected chi connectivity index (χ3v) is 11.3. The monoisotopic (exact) mass is 644 g/mol. The number of methoxy groups -OCH3 is 1. The molecule has 3 atom stereocenters. The number of hydrogen-bond acceptors (Lipinski definition) is 8. The first-order valence-corrected chi connectivity index (χ1v) is 19.0. The second kappa shape index (κ2) is 16.2. The van der Waals surface area contributed by atoms with Crippen molar-refractivity contribution in [2.75, 3.05) is 43.7 Å². The van der Waals surface area contributed by atoms with Gasteiger partial charge in [-0.15, -0.1) is 0 Å². The molecule has 1 aliphatic carbocycles. The molecule has 10 heteroatoms. The Bertz CT molecular complexity index is 1380. The van der Waals surface area contributed by atoms with Gasteiger partial charge in [0.25, 0.3) is 5.91 Å². The zero-order valence-electron chi connectivity index (χ0n) is 26.5. The van der Waals surface area contributed by atoms with Crippen LogP contribution in [0.4, 0.5) is 0 Å². The maximum atomic E-state index is 13.5. The predicted octanol–water partition coefficient (Wildman–Crippen LogP) is 5.27. The number of sulfone groups is 1. The molecule has 8 nitrogen and oxygen atoms in total. The molecule has 1 amide bonds. The van der Waals surface area contributed by atoms with Gasteiger partial charge in [-0.3, -0.25) is 9.69 Å². The Hall–Kier alpha value is -2.40. The smallest absolute Gasteiger partial charge is 0.328 e. The van der Waals surface area contributed by atoms with Crippen LogP contribution < -0.4 is 5.32 Å². The Labute approximate surface area is 267 Å². The highest BCUT2D eigenvalue weighted by atomic mass is 32.2. The maximum absolute atomic E-state index is 13.5. The highest BCUT2D eigenvalue weighted by Crippen LogP contribution is 2.32. The number of nitrogens with zero attached hydrogens (tertiary/aromatic N) is 1. The third kappa shape index (κ3) is 9.31. The van der Waals surface area contributed by atoms with Crippen molar-refractivity contribution in [3.05, 3.63) is 59.2 Å². The summed E-state index contributed by atoms with van der Waals surface area (Å²) < 4.78 is 36.4. The summed E-state index contributed by atoms with van der Waals surface area (Å²) in [5, 5.41) is 2.89. The number of benzene rings is 2. The van der Waals surface area contributed by atoms with E-state index >= 15 is 0 Å². The number of ether oxygens (including phenoxy) is 2. The van der Waals surface area contributed by atoms with Crippen LogP contribution in [0.25, 0.3) is 11.1 Å². The molecule has 1 heterocycles. The number of carbonyl (C=O) groups is 2. The zero-order chi connectivity index (χ0) is 31.7. The van der Waals surface area contributed by atoms with E-state index < -0.39 is 21.8 Å². The van der Waals surface area contributed by atoms with Gasteiger partial charge < -0.3 is 14.8 Å². The zero-order valence-corrected chi connectivity index (χ0v) is 28.2. The summed E-state index contributed by atoms with van der Waals surface area (Å²) in [6, 6.07) is 13.0. The summed E-state index contributed by atoms with van der Waals surface area (Å²) in [5.74, 6) is 0.826. The van der Waals surface area contributed by atoms with Gasteiger partial charge in [0, 0.05) is 24.7 Å². The molecule has 0 bridgehead atoms. The molecular weight excluding hydrogens is 597 g/mol. The van der Waals surface area contributed by atoms with E-state index in [4.69, 9.17) is 9.47 Å². The molecular formula is C34H48N2O6S2. The van der Waals surface area contributed by atoms with Crippen molar-refractivity contribution in [1.82, 2.24) is 10.2 Å². The predicted molar refractivity (Wildman–Crippen MR) is 178 cm³/mol. The fourth-order valence-corrected chi connectivity index (χ4v) is 8.67. The Balaban J connectivity index is 1.49. The molecule has 0 aromatic heterocycles. The van der Waals surface area contributed by atoms with Gasteiger partial charge in [0.15, 0.2) is 9.84 Å². The van der Waals surface area contributed by atoms with E-state index in [0.717, 1.165) is 35.1 Å². The summed E-state index contributed by atoms with van der Waals surface area (Å²) in [6.45, 7) is 5.67. The molecule has 242 valence electrons. The molecule has 2 unspecified atom stereocenters. The molecule has 2 aromatic rings. The van der Waals surface area contributed by atoms with Crippen molar-refractivity contribution in [3.8, 4) is 11.1 Å². The Morgan fingerprint density at radius 2 is 1.84 bits per heavy atom. The largest absolute Gasteiger partial charge is 0.467 e. The fourth-order valence-electron chi connectivity index (χ4n) is 6.51. The van der Waals surface area contributed by atoms with E-state index in [1.807, 2.05) is 56.5 Å². The molecule has 2 aromatic carbocycles. The molecule has 2 aliphatic rings. The number of carbonyl (C=O) groups excluding carboxylic acids is 2. The van der Waals surface area contributed by atoms with Gasteiger partial charge in [0.1, 0.15) is 6.04 Å². The Morgan fingerprint density at radius 1 is 1.09 bits per heavy atom. The summed E-state index contributed by atoms with van der Waals surface area (Å²) >= 11 is 1.61. The van der Waals surface area contributed by atoms with Gasteiger partial charge in [-0.05, 0) is 85.4 Å². The lowest BCUT2D eigenvalue weighted by Crippen LogP contribution is -2.54. The Kier molecular flexibility index (Phi) is 12.7. The Morgan fingerprint density at radius 3 is 2.55 bits per heavy atom. The van der Waals surface area contributed by atoms with E-state index in [2.05, 4.69) is 10.2 Å². The lowest BCUT2D eigenvalue weighted by Gasteiger charge is -2.42. The van der Waals surface area contributed by atoms with Crippen LogP contribution in [-0.2, 0) is 30.7 Å². The number of thioether (sulfide) groups is 1. The lowest BCUT2D eigenvalue weighted by molar-refractivity contribution is -0.142. The number of amides is 1. The summed E-state index contributed by atoms with van der Waals surface area (Å²) in [4.78, 5) is 28.3. The van der Waals surface area contributed by atoms with Crippen LogP contribution in [0.15, 0.2) is 42.5 Å². The minimum atomic E-state index is -3.01. The van der Waals surface area contributed by atoms with Crippen molar-refractivity contribution in [2.45, 2.75) is 77.2 Å². The molecule has 0 spiro atoms. The second-order valence-electron chi connectivity index (χ2n) is 12.2. The van der Waals surface area contributed by atoms with Gasteiger partial charge in [0.05, 0.1) is 31.3 Å². The van der Waals surface area contributed by atoms with Gasteiger partial charge in [-0.1, -0.05) is 49.6 Å². The van der Waals surface area contributed by atoms with Crippen molar-refractivity contribution in [1.29, 1.82) is 0 Å². The highest BCUT2D eigenvalue weighted by molar-refractivity contribution is 7.98. The SMILES string of the molecule is COC(=O)[C@H](CCSC)NC(=O)c1ccc(COC(C)CN2CCS(=O)(=O)CC2C2CCCCC2)cc1-c1ccccc1C. The third-order valence-electron chi connectivity index (χ3n) is 8.97. The summed E-state index contributed by atoms with van der Waals surface area (Å²) in [6.07, 6.45) is 8.15. The first-order chi connectivity index (χ1) is 21.1. The van der Waals surface area contributed by atoms with Crippen LogP contribution in [0.5, 0.6) is 0 Å². The average molecular weight is 645 g/mol. The first kappa shape index (κ1) is 34.5. The van der Waals surface area contributed by atoms with Crippen LogP contribution in [0.2, 0.25) is 0 Å². The molecule has 1 N–H and O–H groups in total. The summed E-state index contributed by atoms with van der Waals surface area (Å²) in [7, 11) is -1.68. The van der Waals surface area contributed by atoms with E-state index in [0.29, 0.717) is 43.4 Å². The molecule has 2 fully saturated rings. The van der Waals surface area contributed by atoms with E-state index in [1.165, 1.54) is 26.4 Å². The van der Waals surface area contributed by atoms with Gasteiger partial charge in [0.2, 0.25) is 0 Å². The number of nitrogens with one attached hydrogen (secondary N) is 1. The summed E-state index contributed by atoms with van der Waals surface area (Å²) in [5.41, 5.74) is 4.17. The fraction of sp³-hybridized carbons (Fsp3) is 0.588. The van der Waals surface area contributed by atoms with Crippen molar-refractivity contribution in [3.63, 3.8) is 0 Å². The maximum Gasteiger partial charge on any atom is 0.328 e. The van der Waals surface area contributed by atoms with E-state index in [9.17, 15) is 18.0 Å². The number of rotatable bonds is 13. The van der Waals surface area contributed by atoms with Gasteiger partial charge >= 0.3 is 5.97 Å². The lowest BCUT2D eigenvalue weighted by atomic mass is 9.83. The van der Waals surface area contributed by atoms with Crippen molar-refractivity contribution >= 4 is 33.5 Å². The molecule has 44 heavy (non-hydrogen) atoms. The average Bonchev–Trinajstić information content (AvgIpc) is 3.02. The minimum Gasteiger partial charge on any atom is -0.467 e. The van der Waals surface area contributed by atoms with Crippen LogP contribution in [-0.4, -0.2) is 87.1 Å². The normalized spacial score (nSPS) is 20.5. The molecule has 1 saturated carbocycles. The van der Waals surface area contributed by atoms with Crippen LogP contribution in [0, 0.1) is 12.8 Å². The number of aryl methyl sites for hydroxylation is 1. The number of hydrogen-bond donors (Lipinski definition) is 1. The quantitative estimate of drug-likeness (QED) is 0.295. The van der Waals surface area contributed by atoms with E-state index in [1.54, 1.807) is 17.8 Å². The van der Waals surface area contributed by atoms with E-state index in [-0.39, 0.29) is 29.6 Å². The first-order valence-electron chi connectivity index (χ1n) is 15.7. The minimum absolute atomic E-state index is 0.0651. The second-order valence-corrected chi connectivity index (χ2v) is 15.4. The van der Waals surface area contributed by atoms with Crippen LogP contribution in [0.3, 0.4) is 0 Å². The molecule has 1 saturated heterocycles. The van der Waals surface area contributed by atoms with Gasteiger partial charge in [-0.2, -0.15) is 11.8 Å². The molecule has 4 rings (SSSR count). The van der Waals surface area contributed by atoms with Gasteiger partial charge in [-0.25, -0.2) is 13.2 Å². The number of esters is 1.